The van der Waals surface area contributed by atoms with Gasteiger partial charge in [-0.1, -0.05) is 31.2 Å². The van der Waals surface area contributed by atoms with Crippen molar-refractivity contribution in [1.29, 1.82) is 0 Å². The van der Waals surface area contributed by atoms with Crippen LogP contribution in [0.1, 0.15) is 51.6 Å². The molecule has 0 N–H and O–H groups in total. The Hall–Kier alpha value is -6.00. The lowest BCUT2D eigenvalue weighted by Crippen LogP contribution is -2.37. The third kappa shape index (κ3) is 9.97. The third-order valence-electron chi connectivity index (χ3n) is 11.1. The van der Waals surface area contributed by atoms with Gasteiger partial charge >= 0.3 is 0 Å². The van der Waals surface area contributed by atoms with E-state index in [1.807, 2.05) is 54.9 Å². The summed E-state index contributed by atoms with van der Waals surface area (Å²) in [5.74, 6) is 2.13. The fourth-order valence-electron chi connectivity index (χ4n) is 8.04. The lowest BCUT2D eigenvalue weighted by Gasteiger charge is -2.22. The number of carbonyl (C=O) groups excluding carboxylic acids is 2. The highest BCUT2D eigenvalue weighted by molar-refractivity contribution is 6.16. The van der Waals surface area contributed by atoms with E-state index in [1.54, 1.807) is 48.3 Å². The first-order valence-corrected chi connectivity index (χ1v) is 21.6. The number of methoxy groups -OCH3 is 2. The number of hydrogen-bond acceptors (Lipinski definition) is 13. The Bertz CT molecular complexity index is 2320. The van der Waals surface area contributed by atoms with Crippen LogP contribution in [0.5, 0.6) is 28.7 Å². The monoisotopic (exact) mass is 862 g/mol. The van der Waals surface area contributed by atoms with Crippen molar-refractivity contribution in [2.45, 2.75) is 44.7 Å². The molecular weight excluding hydrogens is 809 g/mol. The lowest BCUT2D eigenvalue weighted by molar-refractivity contribution is -0.00450. The highest BCUT2D eigenvalue weighted by Gasteiger charge is 2.38. The molecule has 0 saturated carbocycles. The largest absolute Gasteiger partial charge is 0.493 e. The van der Waals surface area contributed by atoms with Gasteiger partial charge in [-0.3, -0.25) is 29.4 Å². The van der Waals surface area contributed by atoms with E-state index in [0.29, 0.717) is 137 Å². The Kier molecular flexibility index (Phi) is 14.5. The number of hydrogen-bond donors (Lipinski definition) is 0. The zero-order valence-electron chi connectivity index (χ0n) is 36.0. The second kappa shape index (κ2) is 20.9. The van der Waals surface area contributed by atoms with Gasteiger partial charge in [0.15, 0.2) is 23.0 Å². The topological polar surface area (TPSA) is 148 Å². The van der Waals surface area contributed by atoms with Gasteiger partial charge in [0.1, 0.15) is 12.4 Å². The predicted octanol–water partition coefficient (Wildman–Crippen LogP) is 6.98. The van der Waals surface area contributed by atoms with E-state index in [4.69, 9.17) is 52.6 Å². The summed E-state index contributed by atoms with van der Waals surface area (Å²) in [6, 6.07) is 20.2. The maximum Gasteiger partial charge on any atom is 0.261 e. The molecule has 4 aliphatic rings. The molecule has 0 bridgehead atoms. The molecule has 0 spiro atoms. The molecule has 4 aromatic carbocycles. The molecule has 0 unspecified atom stereocenters. The standard InChI is InChI=1S/C48H54N4O11/c1-4-12-57-15-16-58-17-18-59-19-20-60-21-22-61-36-11-10-33-24-35-31-50-40-29-46(44(56-3)27-38(40)48(54)52(35)42(33)25-36)63-14-7-13-62-45-28-39-37(26-43(45)55-2)47(53)51-34(30-49-39)23-32-8-5-6-9-41(32)51/h5-6,8-11,25-31,34-35H,4,7,12-24H2,1-3H3/t34-,35-/m0/s1. The van der Waals surface area contributed by atoms with Gasteiger partial charge in [-0.2, -0.15) is 0 Å². The molecule has 332 valence electrons. The van der Waals surface area contributed by atoms with Crippen molar-refractivity contribution >= 4 is 47.0 Å². The van der Waals surface area contributed by atoms with Gasteiger partial charge in [0.25, 0.3) is 11.8 Å². The molecule has 8 rings (SSSR count). The smallest absolute Gasteiger partial charge is 0.261 e. The van der Waals surface area contributed by atoms with E-state index in [1.165, 1.54) is 0 Å². The van der Waals surface area contributed by atoms with Crippen LogP contribution in [-0.2, 0) is 31.8 Å². The van der Waals surface area contributed by atoms with Crippen molar-refractivity contribution in [2.75, 3.05) is 96.7 Å². The second-order valence-corrected chi connectivity index (χ2v) is 15.3. The van der Waals surface area contributed by atoms with Gasteiger partial charge in [-0.15, -0.1) is 0 Å². The summed E-state index contributed by atoms with van der Waals surface area (Å²) in [4.78, 5) is 41.0. The Morgan fingerprint density at radius 2 is 1.05 bits per heavy atom. The maximum absolute atomic E-state index is 14.2. The fraction of sp³-hybridized carbons (Fsp3) is 0.417. The molecule has 0 radical (unpaired) electrons. The molecule has 63 heavy (non-hydrogen) atoms. The van der Waals surface area contributed by atoms with Crippen LogP contribution < -0.4 is 33.5 Å². The second-order valence-electron chi connectivity index (χ2n) is 15.3. The average molecular weight is 863 g/mol. The molecular formula is C48H54N4O11. The minimum atomic E-state index is -0.256. The summed E-state index contributed by atoms with van der Waals surface area (Å²) in [5, 5.41) is 0. The number of para-hydroxylation sites is 1. The average Bonchev–Trinajstić information content (AvgIpc) is 3.79. The lowest BCUT2D eigenvalue weighted by atomic mass is 10.1. The van der Waals surface area contributed by atoms with Crippen LogP contribution in [0, 0.1) is 0 Å². The zero-order chi connectivity index (χ0) is 43.5. The molecule has 0 fully saturated rings. The third-order valence-corrected chi connectivity index (χ3v) is 11.1. The normalized spacial score (nSPS) is 16.7. The van der Waals surface area contributed by atoms with Gasteiger partial charge in [-0.25, -0.2) is 0 Å². The Morgan fingerprint density at radius 1 is 0.540 bits per heavy atom. The molecule has 2 amide bonds. The summed E-state index contributed by atoms with van der Waals surface area (Å²) >= 11 is 0. The summed E-state index contributed by atoms with van der Waals surface area (Å²) in [7, 11) is 3.09. The maximum atomic E-state index is 14.2. The zero-order valence-corrected chi connectivity index (χ0v) is 36.0. The van der Waals surface area contributed by atoms with E-state index in [2.05, 4.69) is 6.92 Å². The summed E-state index contributed by atoms with van der Waals surface area (Å²) in [6.45, 7) is 7.26. The van der Waals surface area contributed by atoms with E-state index in [-0.39, 0.29) is 23.9 Å². The first kappa shape index (κ1) is 43.6. The molecule has 0 aromatic heterocycles. The van der Waals surface area contributed by atoms with Crippen molar-refractivity contribution in [3.05, 3.63) is 89.0 Å². The van der Waals surface area contributed by atoms with Crippen LogP contribution in [0.3, 0.4) is 0 Å². The van der Waals surface area contributed by atoms with Crippen LogP contribution >= 0.6 is 0 Å². The van der Waals surface area contributed by atoms with Crippen LogP contribution in [0.15, 0.2) is 76.7 Å². The predicted molar refractivity (Wildman–Crippen MR) is 238 cm³/mol. The Balaban J connectivity index is 0.817. The van der Waals surface area contributed by atoms with Gasteiger partial charge in [-0.05, 0) is 41.8 Å². The van der Waals surface area contributed by atoms with Crippen molar-refractivity contribution < 1.29 is 52.2 Å². The van der Waals surface area contributed by atoms with Crippen molar-refractivity contribution in [1.82, 2.24) is 0 Å². The van der Waals surface area contributed by atoms with Gasteiger partial charge in [0.05, 0.1) is 114 Å². The van der Waals surface area contributed by atoms with E-state index >= 15 is 0 Å². The van der Waals surface area contributed by atoms with Gasteiger partial charge in [0, 0.05) is 62.2 Å². The molecule has 2 atom stereocenters. The van der Waals surface area contributed by atoms with Gasteiger partial charge < -0.3 is 42.6 Å². The first-order chi connectivity index (χ1) is 31.0. The summed E-state index contributed by atoms with van der Waals surface area (Å²) in [6.07, 6.45) is 6.50. The number of aliphatic imine (C=N–C) groups is 2. The SMILES string of the molecule is CCCOCCOCCOCCOCCOc1ccc2c(c1)N1C(=O)c3cc(OC)c(OCCCOc4cc5c(cc4OC)C(=O)N4c6ccccc6C[C@H]4C=N5)cc3N=C[C@@H]1C2. The minimum absolute atomic E-state index is 0.126. The van der Waals surface area contributed by atoms with E-state index in [0.717, 1.165) is 35.5 Å². The number of nitrogens with zero attached hydrogens (tertiary/aromatic N) is 4. The molecule has 0 aliphatic carbocycles. The summed E-state index contributed by atoms with van der Waals surface area (Å²) in [5.41, 5.74) is 5.73. The number of carbonyl (C=O) groups is 2. The number of amides is 2. The highest BCUT2D eigenvalue weighted by atomic mass is 16.6. The molecule has 0 saturated heterocycles. The quantitative estimate of drug-likeness (QED) is 0.0712. The van der Waals surface area contributed by atoms with Crippen LogP contribution in [-0.4, -0.2) is 123 Å². The van der Waals surface area contributed by atoms with E-state index < -0.39 is 0 Å². The van der Waals surface area contributed by atoms with Crippen molar-refractivity contribution in [3.63, 3.8) is 0 Å². The first-order valence-electron chi connectivity index (χ1n) is 21.6. The highest BCUT2D eigenvalue weighted by Crippen LogP contribution is 2.43. The van der Waals surface area contributed by atoms with Crippen LogP contribution in [0.4, 0.5) is 22.7 Å². The van der Waals surface area contributed by atoms with Crippen molar-refractivity contribution in [3.8, 4) is 28.7 Å². The number of fused-ring (bicyclic) bond motifs is 8. The summed E-state index contributed by atoms with van der Waals surface area (Å²) < 4.78 is 51.8. The number of benzene rings is 4. The fourth-order valence-corrected chi connectivity index (χ4v) is 8.04. The molecule has 4 heterocycles. The Morgan fingerprint density at radius 3 is 1.60 bits per heavy atom. The van der Waals surface area contributed by atoms with Gasteiger partial charge in [0.2, 0.25) is 0 Å². The molecule has 4 aliphatic heterocycles. The molecule has 15 nitrogen and oxygen atoms in total. The molecule has 15 heteroatoms. The van der Waals surface area contributed by atoms with Crippen LogP contribution in [0.25, 0.3) is 0 Å². The molecule has 4 aromatic rings. The number of anilines is 2. The number of ether oxygens (including phenoxy) is 9. The van der Waals surface area contributed by atoms with E-state index in [9.17, 15) is 9.59 Å². The minimum Gasteiger partial charge on any atom is -0.493 e. The van der Waals surface area contributed by atoms with Crippen molar-refractivity contribution in [2.24, 2.45) is 9.98 Å². The number of rotatable bonds is 23. The van der Waals surface area contributed by atoms with Crippen LogP contribution in [0.2, 0.25) is 0 Å². The Labute approximate surface area is 367 Å².